The number of amides is 1. The molecule has 0 fully saturated rings. The van der Waals surface area contributed by atoms with Gasteiger partial charge in [0, 0.05) is 12.8 Å². The van der Waals surface area contributed by atoms with E-state index in [9.17, 15) is 19.8 Å². The van der Waals surface area contributed by atoms with Gasteiger partial charge in [-0.1, -0.05) is 295 Å². The Labute approximate surface area is 431 Å². The number of allylic oxidation sites excluding steroid dienone is 3. The van der Waals surface area contributed by atoms with Crippen molar-refractivity contribution in [1.29, 1.82) is 0 Å². The molecule has 0 aliphatic rings. The molecule has 3 N–H and O–H groups in total. The highest BCUT2D eigenvalue weighted by Gasteiger charge is 2.18. The van der Waals surface area contributed by atoms with Crippen LogP contribution in [0, 0.1) is 0 Å². The average Bonchev–Trinajstić information content (AvgIpc) is 3.35. The maximum absolute atomic E-state index is 12.5. The van der Waals surface area contributed by atoms with Gasteiger partial charge in [-0.25, -0.2) is 0 Å². The van der Waals surface area contributed by atoms with E-state index < -0.39 is 12.1 Å². The van der Waals surface area contributed by atoms with Gasteiger partial charge in [0.25, 0.3) is 0 Å². The molecule has 0 heterocycles. The van der Waals surface area contributed by atoms with E-state index in [0.717, 1.165) is 44.9 Å². The molecule has 0 rings (SSSR count). The summed E-state index contributed by atoms with van der Waals surface area (Å²) in [5.41, 5.74) is 0. The Kier molecular flexibility index (Phi) is 57.5. The maximum Gasteiger partial charge on any atom is 0.305 e. The van der Waals surface area contributed by atoms with Crippen molar-refractivity contribution in [2.24, 2.45) is 0 Å². The molecule has 69 heavy (non-hydrogen) atoms. The molecule has 0 aromatic heterocycles. The minimum absolute atomic E-state index is 0.0104. The molecule has 0 bridgehead atoms. The van der Waals surface area contributed by atoms with Crippen molar-refractivity contribution in [3.63, 3.8) is 0 Å². The molecule has 0 aromatic rings. The number of hydrogen-bond donors (Lipinski definition) is 3. The summed E-state index contributed by atoms with van der Waals surface area (Å²) in [4.78, 5) is 24.5. The second kappa shape index (κ2) is 58.9. The van der Waals surface area contributed by atoms with Crippen molar-refractivity contribution in [1.82, 2.24) is 5.32 Å². The maximum atomic E-state index is 12.5. The second-order valence-corrected chi connectivity index (χ2v) is 21.4. The number of esters is 1. The standard InChI is InChI=1S/C63H121NO5/c1-3-5-7-9-11-13-15-17-18-19-26-29-32-35-39-43-47-51-55-61(66)60(59-65)64-62(67)56-52-48-44-40-36-33-30-27-24-22-20-21-23-25-28-31-34-38-42-46-50-54-58-69-63(68)57-53-49-45-41-37-16-14-12-10-8-6-4-2/h22,24,51,55,60-61,65-66H,3-21,23,25-50,52-54,56-59H2,1-2H3,(H,64,67)/b24-22-,55-51+. The Morgan fingerprint density at radius 1 is 0.391 bits per heavy atom. The van der Waals surface area contributed by atoms with Crippen LogP contribution in [-0.2, 0) is 14.3 Å². The van der Waals surface area contributed by atoms with Gasteiger partial charge in [-0.2, -0.15) is 0 Å². The third-order valence-electron chi connectivity index (χ3n) is 14.5. The van der Waals surface area contributed by atoms with Gasteiger partial charge in [0.2, 0.25) is 5.91 Å². The molecular formula is C63H121NO5. The lowest BCUT2D eigenvalue weighted by Crippen LogP contribution is -2.45. The first-order valence-corrected chi connectivity index (χ1v) is 31.1. The Hall–Kier alpha value is -1.66. The average molecular weight is 973 g/mol. The van der Waals surface area contributed by atoms with E-state index in [-0.39, 0.29) is 18.5 Å². The number of aliphatic hydroxyl groups excluding tert-OH is 2. The quantitative estimate of drug-likeness (QED) is 0.0321. The Bertz CT molecular complexity index is 1080. The fourth-order valence-corrected chi connectivity index (χ4v) is 9.69. The SMILES string of the molecule is CCCCCCCCCCCCCCCCCC/C=C/C(O)C(CO)NC(=O)CCCCCCCCC/C=C\CCCCCCCCCCCCCOC(=O)CCCCCCCCCCCCCC. The first-order valence-electron chi connectivity index (χ1n) is 31.1. The minimum atomic E-state index is -0.849. The van der Waals surface area contributed by atoms with Gasteiger partial charge < -0.3 is 20.3 Å². The molecule has 0 aromatic carbocycles. The highest BCUT2D eigenvalue weighted by molar-refractivity contribution is 5.76. The topological polar surface area (TPSA) is 95.9 Å². The summed E-state index contributed by atoms with van der Waals surface area (Å²) in [6.45, 7) is 4.92. The second-order valence-electron chi connectivity index (χ2n) is 21.4. The zero-order valence-electron chi connectivity index (χ0n) is 46.6. The van der Waals surface area contributed by atoms with Crippen molar-refractivity contribution in [2.75, 3.05) is 13.2 Å². The van der Waals surface area contributed by atoms with Crippen molar-refractivity contribution < 1.29 is 24.5 Å². The Morgan fingerprint density at radius 2 is 0.681 bits per heavy atom. The van der Waals surface area contributed by atoms with Crippen LogP contribution in [-0.4, -0.2) is 47.4 Å². The van der Waals surface area contributed by atoms with E-state index in [1.165, 1.54) is 270 Å². The summed E-state index contributed by atoms with van der Waals surface area (Å²) >= 11 is 0. The number of rotatable bonds is 58. The van der Waals surface area contributed by atoms with E-state index in [4.69, 9.17) is 4.74 Å². The van der Waals surface area contributed by atoms with Crippen LogP contribution in [0.15, 0.2) is 24.3 Å². The fourth-order valence-electron chi connectivity index (χ4n) is 9.69. The van der Waals surface area contributed by atoms with Crippen LogP contribution in [0.3, 0.4) is 0 Å². The molecule has 0 saturated heterocycles. The summed E-state index contributed by atoms with van der Waals surface area (Å²) in [5, 5.41) is 23.2. The molecule has 408 valence electrons. The lowest BCUT2D eigenvalue weighted by Gasteiger charge is -2.20. The zero-order valence-corrected chi connectivity index (χ0v) is 46.6. The van der Waals surface area contributed by atoms with Gasteiger partial charge in [-0.15, -0.1) is 0 Å². The van der Waals surface area contributed by atoms with E-state index >= 15 is 0 Å². The lowest BCUT2D eigenvalue weighted by atomic mass is 10.0. The first kappa shape index (κ1) is 67.3. The molecule has 2 unspecified atom stereocenters. The lowest BCUT2D eigenvalue weighted by molar-refractivity contribution is -0.143. The Morgan fingerprint density at radius 3 is 1.03 bits per heavy atom. The normalized spacial score (nSPS) is 12.7. The highest BCUT2D eigenvalue weighted by atomic mass is 16.5. The molecule has 6 nitrogen and oxygen atoms in total. The van der Waals surface area contributed by atoms with Crippen LogP contribution in [0.25, 0.3) is 0 Å². The summed E-state index contributed by atoms with van der Waals surface area (Å²) in [6, 6.07) is -0.633. The number of ether oxygens (including phenoxy) is 1. The number of aliphatic hydroxyl groups is 2. The summed E-state index contributed by atoms with van der Waals surface area (Å²) < 4.78 is 5.47. The first-order chi connectivity index (χ1) is 34.0. The molecular weight excluding hydrogens is 851 g/mol. The Balaban J connectivity index is 3.45. The van der Waals surface area contributed by atoms with E-state index in [0.29, 0.717) is 19.4 Å². The van der Waals surface area contributed by atoms with Crippen molar-refractivity contribution in [3.8, 4) is 0 Å². The van der Waals surface area contributed by atoms with Gasteiger partial charge in [0.1, 0.15) is 0 Å². The molecule has 1 amide bonds. The van der Waals surface area contributed by atoms with Gasteiger partial charge >= 0.3 is 5.97 Å². The molecule has 0 saturated carbocycles. The number of nitrogens with one attached hydrogen (secondary N) is 1. The third kappa shape index (κ3) is 55.5. The van der Waals surface area contributed by atoms with Gasteiger partial charge in [-0.05, 0) is 57.8 Å². The number of carbonyl (C=O) groups excluding carboxylic acids is 2. The number of carbonyl (C=O) groups is 2. The van der Waals surface area contributed by atoms with Crippen LogP contribution in [0.1, 0.15) is 341 Å². The van der Waals surface area contributed by atoms with Crippen LogP contribution in [0.2, 0.25) is 0 Å². The highest BCUT2D eigenvalue weighted by Crippen LogP contribution is 2.17. The summed E-state index contributed by atoms with van der Waals surface area (Å²) in [5.74, 6) is -0.0621. The van der Waals surface area contributed by atoms with Crippen molar-refractivity contribution in [3.05, 3.63) is 24.3 Å². The number of unbranched alkanes of at least 4 members (excludes halogenated alkanes) is 45. The molecule has 0 aliphatic carbocycles. The summed E-state index contributed by atoms with van der Waals surface area (Å²) in [6.07, 6.45) is 72.1. The van der Waals surface area contributed by atoms with E-state index in [1.54, 1.807) is 6.08 Å². The van der Waals surface area contributed by atoms with Gasteiger partial charge in [0.05, 0.1) is 25.4 Å². The third-order valence-corrected chi connectivity index (χ3v) is 14.5. The van der Waals surface area contributed by atoms with Gasteiger partial charge in [0.15, 0.2) is 0 Å². The molecule has 0 spiro atoms. The molecule has 2 atom stereocenters. The van der Waals surface area contributed by atoms with Crippen LogP contribution in [0.4, 0.5) is 0 Å². The smallest absolute Gasteiger partial charge is 0.305 e. The minimum Gasteiger partial charge on any atom is -0.466 e. The summed E-state index contributed by atoms with van der Waals surface area (Å²) in [7, 11) is 0. The molecule has 6 heteroatoms. The monoisotopic (exact) mass is 972 g/mol. The predicted molar refractivity (Wildman–Crippen MR) is 301 cm³/mol. The van der Waals surface area contributed by atoms with E-state index in [2.05, 4.69) is 31.3 Å². The van der Waals surface area contributed by atoms with E-state index in [1.807, 2.05) is 6.08 Å². The molecule has 0 aliphatic heterocycles. The predicted octanol–water partition coefficient (Wildman–Crippen LogP) is 19.4. The zero-order chi connectivity index (χ0) is 50.0. The van der Waals surface area contributed by atoms with Crippen LogP contribution < -0.4 is 5.32 Å². The van der Waals surface area contributed by atoms with Crippen LogP contribution in [0.5, 0.6) is 0 Å². The van der Waals surface area contributed by atoms with Crippen LogP contribution >= 0.6 is 0 Å². The molecule has 0 radical (unpaired) electrons. The fraction of sp³-hybridized carbons (Fsp3) is 0.905. The number of hydrogen-bond acceptors (Lipinski definition) is 5. The van der Waals surface area contributed by atoms with Gasteiger partial charge in [-0.3, -0.25) is 9.59 Å². The largest absolute Gasteiger partial charge is 0.466 e. The van der Waals surface area contributed by atoms with Crippen molar-refractivity contribution in [2.45, 2.75) is 353 Å². The van der Waals surface area contributed by atoms with Crippen molar-refractivity contribution >= 4 is 11.9 Å².